The molecule has 2 fully saturated rings. The predicted octanol–water partition coefficient (Wildman–Crippen LogP) is 5.69. The van der Waals surface area contributed by atoms with Gasteiger partial charge in [-0.25, -0.2) is 4.79 Å². The van der Waals surface area contributed by atoms with E-state index in [4.69, 9.17) is 0 Å². The van der Waals surface area contributed by atoms with Crippen LogP contribution in [0, 0.1) is 0 Å². The molecule has 3 heterocycles. The van der Waals surface area contributed by atoms with Crippen molar-refractivity contribution in [1.82, 2.24) is 25.0 Å². The van der Waals surface area contributed by atoms with Gasteiger partial charge < -0.3 is 30.4 Å². The molecule has 2 saturated heterocycles. The molecule has 3 aromatic carbocycles. The highest BCUT2D eigenvalue weighted by Crippen LogP contribution is 2.34. The average Bonchev–Trinajstić information content (AvgIpc) is 3.52. The second-order valence-corrected chi connectivity index (χ2v) is 15.1. The molecule has 2 aliphatic heterocycles. The number of carbonyl (C=O) groups excluding carboxylic acids is 4. The Balaban J connectivity index is 1.10. The van der Waals surface area contributed by atoms with Crippen LogP contribution in [-0.4, -0.2) is 114 Å². The van der Waals surface area contributed by atoms with Crippen LogP contribution < -0.4 is 15.5 Å². The summed E-state index contributed by atoms with van der Waals surface area (Å²) >= 11 is 0. The van der Waals surface area contributed by atoms with Gasteiger partial charge in [0.15, 0.2) is 6.29 Å². The van der Waals surface area contributed by atoms with Crippen LogP contribution >= 0.6 is 0 Å². The van der Waals surface area contributed by atoms with E-state index in [2.05, 4.69) is 25.4 Å². The number of hydrogen-bond acceptors (Lipinski definition) is 8. The van der Waals surface area contributed by atoms with Crippen LogP contribution in [0.15, 0.2) is 97.2 Å². The molecule has 13 nitrogen and oxygen atoms in total. The van der Waals surface area contributed by atoms with Crippen LogP contribution in [0.4, 0.5) is 16.2 Å². The number of piperidine rings is 1. The van der Waals surface area contributed by atoms with E-state index < -0.39 is 23.4 Å². The number of nitrogens with zero attached hydrogens (tertiary/aromatic N) is 5. The van der Waals surface area contributed by atoms with Gasteiger partial charge in [0.1, 0.15) is 5.54 Å². The normalized spacial score (nSPS) is 18.1. The average molecular weight is 784 g/mol. The molecule has 4 aromatic rings. The number of hydrogen-bond donors (Lipinski definition) is 3. The number of amides is 4. The highest BCUT2D eigenvalue weighted by molar-refractivity contribution is 6.08. The number of benzene rings is 3. The predicted molar refractivity (Wildman–Crippen MR) is 222 cm³/mol. The largest absolute Gasteiger partial charge is 0.465 e. The lowest BCUT2D eigenvalue weighted by molar-refractivity contribution is -0.112. The fourth-order valence-electron chi connectivity index (χ4n) is 7.97. The number of likely N-dealkylation sites (N-methyl/N-ethyl adjacent to an activating group) is 1. The number of pyridine rings is 1. The molecule has 1 unspecified atom stereocenters. The second kappa shape index (κ2) is 17.9. The third kappa shape index (κ3) is 8.94. The maximum absolute atomic E-state index is 13.9. The molecule has 0 radical (unpaired) electrons. The zero-order valence-electron chi connectivity index (χ0n) is 32.7. The lowest BCUT2D eigenvalue weighted by Gasteiger charge is -2.31. The van der Waals surface area contributed by atoms with Gasteiger partial charge >= 0.3 is 6.09 Å². The zero-order valence-corrected chi connectivity index (χ0v) is 32.7. The number of nitrogens with one attached hydrogen (secondary N) is 2. The SMILES string of the molecule is CN(CCN1CCCN(C(=O)O)CC1)C(=O)c1cccc(C(=O)Nc2ccc(N3CCCCC3)cc2-c2cc(C(=O)NC3(C=O)C=CCc4ccccc43)ccn2)c1. The van der Waals surface area contributed by atoms with Crippen LogP contribution in [0.3, 0.4) is 0 Å². The van der Waals surface area contributed by atoms with E-state index >= 15 is 0 Å². The van der Waals surface area contributed by atoms with E-state index in [9.17, 15) is 29.1 Å². The van der Waals surface area contributed by atoms with Crippen molar-refractivity contribution < 1.29 is 29.1 Å². The van der Waals surface area contributed by atoms with Crippen molar-refractivity contribution in [3.05, 3.63) is 125 Å². The first-order chi connectivity index (χ1) is 28.1. The maximum Gasteiger partial charge on any atom is 0.407 e. The van der Waals surface area contributed by atoms with Crippen molar-refractivity contribution in [1.29, 1.82) is 0 Å². The smallest absolute Gasteiger partial charge is 0.407 e. The van der Waals surface area contributed by atoms with E-state index in [-0.39, 0.29) is 5.91 Å². The summed E-state index contributed by atoms with van der Waals surface area (Å²) in [6.07, 6.45) is 9.72. The number of anilines is 2. The Kier molecular flexibility index (Phi) is 12.3. The van der Waals surface area contributed by atoms with Crippen LogP contribution in [0.1, 0.15) is 67.9 Å². The number of carbonyl (C=O) groups is 5. The molecule has 3 aliphatic rings. The Morgan fingerprint density at radius 3 is 2.43 bits per heavy atom. The maximum atomic E-state index is 13.9. The number of rotatable bonds is 11. The minimum atomic E-state index is -1.31. The van der Waals surface area contributed by atoms with Gasteiger partial charge in [-0.05, 0) is 98.3 Å². The molecular weight excluding hydrogens is 735 g/mol. The van der Waals surface area contributed by atoms with E-state index in [0.717, 1.165) is 62.0 Å². The second-order valence-electron chi connectivity index (χ2n) is 15.1. The number of carboxylic acid groups (broad SMARTS) is 1. The Labute approximate surface area is 338 Å². The minimum absolute atomic E-state index is 0.230. The third-order valence-corrected chi connectivity index (χ3v) is 11.3. The lowest BCUT2D eigenvalue weighted by Crippen LogP contribution is -2.47. The summed E-state index contributed by atoms with van der Waals surface area (Å²) < 4.78 is 0. The highest BCUT2D eigenvalue weighted by atomic mass is 16.4. The molecule has 7 rings (SSSR count). The van der Waals surface area contributed by atoms with Crippen molar-refractivity contribution in [2.45, 2.75) is 37.6 Å². The number of fused-ring (bicyclic) bond motifs is 1. The molecule has 4 amide bonds. The summed E-state index contributed by atoms with van der Waals surface area (Å²) in [6, 6.07) is 23.2. The molecule has 0 saturated carbocycles. The van der Waals surface area contributed by atoms with Crippen molar-refractivity contribution in [3.63, 3.8) is 0 Å². The first kappa shape index (κ1) is 39.9. The summed E-state index contributed by atoms with van der Waals surface area (Å²) in [5.41, 5.74) is 3.89. The first-order valence-corrected chi connectivity index (χ1v) is 19.9. The molecule has 1 aromatic heterocycles. The van der Waals surface area contributed by atoms with Crippen molar-refractivity contribution >= 4 is 41.5 Å². The molecule has 1 atom stereocenters. The number of allylic oxidation sites excluding steroid dienone is 1. The molecule has 300 valence electrons. The van der Waals surface area contributed by atoms with E-state index in [0.29, 0.717) is 72.8 Å². The van der Waals surface area contributed by atoms with Crippen molar-refractivity contribution in [3.8, 4) is 11.3 Å². The summed E-state index contributed by atoms with van der Waals surface area (Å²) in [5.74, 6) is -1.09. The van der Waals surface area contributed by atoms with Crippen LogP contribution in [0.5, 0.6) is 0 Å². The Morgan fingerprint density at radius 2 is 1.62 bits per heavy atom. The van der Waals surface area contributed by atoms with Gasteiger partial charge in [0.05, 0.1) is 11.4 Å². The minimum Gasteiger partial charge on any atom is -0.465 e. The van der Waals surface area contributed by atoms with Gasteiger partial charge in [-0.1, -0.05) is 42.5 Å². The summed E-state index contributed by atoms with van der Waals surface area (Å²) in [7, 11) is 1.72. The quantitative estimate of drug-likeness (QED) is 0.129. The molecule has 58 heavy (non-hydrogen) atoms. The standard InChI is InChI=1S/C45H49N7O6/c1-49(24-25-50-20-9-23-52(27-26-50)44(57)58)43(56)35-12-7-11-33(28-35)41(54)47-39-16-15-36(51-21-5-2-6-22-51)30-37(39)40-29-34(17-19-46-40)42(55)48-45(31-53)18-8-13-32-10-3-4-14-38(32)45/h3-4,7-8,10-12,14-19,28-31H,2,5-6,9,13,20-27H2,1H3,(H,47,54)(H,48,55)(H,57,58). The fraction of sp³-hybridized carbons (Fsp3) is 0.333. The summed E-state index contributed by atoms with van der Waals surface area (Å²) in [5, 5.41) is 15.4. The van der Waals surface area contributed by atoms with Gasteiger partial charge in [-0.3, -0.25) is 29.1 Å². The van der Waals surface area contributed by atoms with Gasteiger partial charge in [0.25, 0.3) is 17.7 Å². The molecule has 0 spiro atoms. The van der Waals surface area contributed by atoms with E-state index in [1.54, 1.807) is 60.6 Å². The first-order valence-electron chi connectivity index (χ1n) is 19.9. The summed E-state index contributed by atoms with van der Waals surface area (Å²) in [4.78, 5) is 77.5. The number of aromatic nitrogens is 1. The van der Waals surface area contributed by atoms with Crippen molar-refractivity contribution in [2.75, 3.05) is 69.6 Å². The lowest BCUT2D eigenvalue weighted by atomic mass is 9.82. The van der Waals surface area contributed by atoms with Gasteiger partial charge in [0, 0.05) is 87.0 Å². The molecule has 1 aliphatic carbocycles. The van der Waals surface area contributed by atoms with Crippen LogP contribution in [0.2, 0.25) is 0 Å². The number of aldehydes is 1. The van der Waals surface area contributed by atoms with E-state index in [1.165, 1.54) is 11.3 Å². The molecular formula is C45H49N7O6. The fourth-order valence-corrected chi connectivity index (χ4v) is 7.97. The molecule has 0 bridgehead atoms. The van der Waals surface area contributed by atoms with E-state index in [1.807, 2.05) is 48.5 Å². The Hall–Kier alpha value is -6.34. The molecule has 3 N–H and O–H groups in total. The van der Waals surface area contributed by atoms with Crippen molar-refractivity contribution in [2.24, 2.45) is 0 Å². The molecule has 13 heteroatoms. The summed E-state index contributed by atoms with van der Waals surface area (Å²) in [6.45, 7) is 5.13. The van der Waals surface area contributed by atoms with Gasteiger partial charge in [0.2, 0.25) is 0 Å². The Bertz CT molecular complexity index is 2220. The van der Waals surface area contributed by atoms with Gasteiger partial charge in [-0.2, -0.15) is 0 Å². The topological polar surface area (TPSA) is 155 Å². The zero-order chi connectivity index (χ0) is 40.6. The monoisotopic (exact) mass is 783 g/mol. The Morgan fingerprint density at radius 1 is 0.828 bits per heavy atom. The van der Waals surface area contributed by atoms with Gasteiger partial charge in [-0.15, -0.1) is 0 Å². The highest BCUT2D eigenvalue weighted by Gasteiger charge is 2.35. The van der Waals surface area contributed by atoms with Crippen LogP contribution in [-0.2, 0) is 16.8 Å². The third-order valence-electron chi connectivity index (χ3n) is 11.3. The van der Waals surface area contributed by atoms with Crippen LogP contribution in [0.25, 0.3) is 11.3 Å².